The Morgan fingerprint density at radius 1 is 1.09 bits per heavy atom. The first kappa shape index (κ1) is 25.3. The van der Waals surface area contributed by atoms with Gasteiger partial charge in [-0.1, -0.05) is 45.2 Å². The number of hydrogen-bond acceptors (Lipinski definition) is 3. The standard InChI is InChI=1S/C27H42N4O2/c1-20(2)17-21(3)29-27(28)31(19-32)18-22-13-15-30(16-14-22)26(33)25-11-9-24(10-12-25)23-7-5-4-6-8-23/h9-12,19-23H,4-8,13-18H2,1-3H3,(H2,28,29). The van der Waals surface area contributed by atoms with Crippen LogP contribution < -0.4 is 5.32 Å². The summed E-state index contributed by atoms with van der Waals surface area (Å²) in [6.07, 6.45) is 9.92. The van der Waals surface area contributed by atoms with E-state index in [2.05, 4.69) is 31.3 Å². The molecule has 1 saturated heterocycles. The molecule has 1 atom stereocenters. The van der Waals surface area contributed by atoms with Gasteiger partial charge in [0.05, 0.1) is 0 Å². The van der Waals surface area contributed by atoms with E-state index in [0.717, 1.165) is 31.2 Å². The minimum Gasteiger partial charge on any atom is -0.354 e. The number of piperidine rings is 1. The van der Waals surface area contributed by atoms with Crippen LogP contribution in [-0.4, -0.2) is 53.8 Å². The highest BCUT2D eigenvalue weighted by Crippen LogP contribution is 2.32. The van der Waals surface area contributed by atoms with Crippen molar-refractivity contribution in [3.63, 3.8) is 0 Å². The predicted octanol–water partition coefficient (Wildman–Crippen LogP) is 5.00. The fourth-order valence-corrected chi connectivity index (χ4v) is 5.38. The number of carbonyl (C=O) groups is 2. The quantitative estimate of drug-likeness (QED) is 0.329. The molecule has 1 unspecified atom stereocenters. The second-order valence-electron chi connectivity index (χ2n) is 10.5. The maximum absolute atomic E-state index is 13.0. The molecule has 33 heavy (non-hydrogen) atoms. The third-order valence-corrected chi connectivity index (χ3v) is 7.21. The second-order valence-corrected chi connectivity index (χ2v) is 10.5. The van der Waals surface area contributed by atoms with Gasteiger partial charge in [0.2, 0.25) is 6.41 Å². The molecule has 1 aliphatic carbocycles. The smallest absolute Gasteiger partial charge is 0.253 e. The largest absolute Gasteiger partial charge is 0.354 e. The molecule has 0 spiro atoms. The zero-order chi connectivity index (χ0) is 23.8. The summed E-state index contributed by atoms with van der Waals surface area (Å²) in [5.74, 6) is 1.77. The van der Waals surface area contributed by atoms with Crippen molar-refractivity contribution in [2.45, 2.75) is 84.1 Å². The van der Waals surface area contributed by atoms with Gasteiger partial charge in [-0.05, 0) is 74.5 Å². The number of guanidine groups is 1. The highest BCUT2D eigenvalue weighted by Gasteiger charge is 2.26. The van der Waals surface area contributed by atoms with E-state index in [1.54, 1.807) is 0 Å². The van der Waals surface area contributed by atoms with Gasteiger partial charge in [-0.15, -0.1) is 0 Å². The molecular weight excluding hydrogens is 412 g/mol. The molecular formula is C27H42N4O2. The Morgan fingerprint density at radius 2 is 1.73 bits per heavy atom. The molecule has 0 bridgehead atoms. The topological polar surface area (TPSA) is 76.5 Å². The Hall–Kier alpha value is -2.37. The van der Waals surface area contributed by atoms with Crippen molar-refractivity contribution in [3.8, 4) is 0 Å². The van der Waals surface area contributed by atoms with Crippen LogP contribution in [0.1, 0.15) is 94.0 Å². The van der Waals surface area contributed by atoms with Crippen molar-refractivity contribution in [2.24, 2.45) is 11.8 Å². The monoisotopic (exact) mass is 454 g/mol. The van der Waals surface area contributed by atoms with Crippen LogP contribution in [0.5, 0.6) is 0 Å². The van der Waals surface area contributed by atoms with Crippen molar-refractivity contribution in [3.05, 3.63) is 35.4 Å². The van der Waals surface area contributed by atoms with Gasteiger partial charge in [0, 0.05) is 31.2 Å². The summed E-state index contributed by atoms with van der Waals surface area (Å²) < 4.78 is 0. The Morgan fingerprint density at radius 3 is 2.30 bits per heavy atom. The summed E-state index contributed by atoms with van der Waals surface area (Å²) in [5, 5.41) is 11.4. The highest BCUT2D eigenvalue weighted by atomic mass is 16.2. The number of nitrogens with zero attached hydrogens (tertiary/aromatic N) is 2. The molecule has 1 saturated carbocycles. The van der Waals surface area contributed by atoms with E-state index in [1.807, 2.05) is 24.0 Å². The van der Waals surface area contributed by atoms with E-state index in [-0.39, 0.29) is 17.9 Å². The second kappa shape index (κ2) is 12.2. The number of carbonyl (C=O) groups excluding carboxylic acids is 2. The first-order chi connectivity index (χ1) is 15.9. The number of likely N-dealkylation sites (tertiary alicyclic amines) is 1. The lowest BCUT2D eigenvalue weighted by atomic mass is 9.84. The maximum atomic E-state index is 13.0. The van der Waals surface area contributed by atoms with Crippen LogP contribution in [0.3, 0.4) is 0 Å². The van der Waals surface area contributed by atoms with Gasteiger partial charge in [-0.2, -0.15) is 0 Å². The Bertz CT molecular complexity index is 778. The zero-order valence-electron chi connectivity index (χ0n) is 20.7. The minimum atomic E-state index is 0.104. The third kappa shape index (κ3) is 7.31. The lowest BCUT2D eigenvalue weighted by Crippen LogP contribution is -2.47. The Balaban J connectivity index is 1.47. The zero-order valence-corrected chi connectivity index (χ0v) is 20.7. The molecule has 2 N–H and O–H groups in total. The summed E-state index contributed by atoms with van der Waals surface area (Å²) in [6.45, 7) is 8.28. The van der Waals surface area contributed by atoms with Crippen molar-refractivity contribution in [2.75, 3.05) is 19.6 Å². The molecule has 3 rings (SSSR count). The van der Waals surface area contributed by atoms with E-state index < -0.39 is 0 Å². The summed E-state index contributed by atoms with van der Waals surface area (Å²) in [5.41, 5.74) is 2.14. The minimum absolute atomic E-state index is 0.104. The predicted molar refractivity (Wildman–Crippen MR) is 133 cm³/mol. The molecule has 6 nitrogen and oxygen atoms in total. The van der Waals surface area contributed by atoms with Crippen molar-refractivity contribution >= 4 is 18.3 Å². The van der Waals surface area contributed by atoms with Crippen molar-refractivity contribution in [1.82, 2.24) is 15.1 Å². The van der Waals surface area contributed by atoms with Crippen LogP contribution in [0.4, 0.5) is 0 Å². The van der Waals surface area contributed by atoms with Crippen LogP contribution in [0.15, 0.2) is 24.3 Å². The van der Waals surface area contributed by atoms with E-state index in [4.69, 9.17) is 5.41 Å². The number of hydrogen-bond donors (Lipinski definition) is 2. The Kier molecular flexibility index (Phi) is 9.33. The van der Waals surface area contributed by atoms with Crippen molar-refractivity contribution < 1.29 is 9.59 Å². The summed E-state index contributed by atoms with van der Waals surface area (Å²) in [7, 11) is 0. The van der Waals surface area contributed by atoms with Crippen molar-refractivity contribution in [1.29, 1.82) is 5.41 Å². The van der Waals surface area contributed by atoms with E-state index in [0.29, 0.717) is 37.4 Å². The highest BCUT2D eigenvalue weighted by molar-refractivity contribution is 5.94. The Labute approximate surface area is 199 Å². The third-order valence-electron chi connectivity index (χ3n) is 7.21. The van der Waals surface area contributed by atoms with Gasteiger partial charge in [0.25, 0.3) is 5.91 Å². The van der Waals surface area contributed by atoms with E-state index in [1.165, 1.54) is 42.6 Å². The lowest BCUT2D eigenvalue weighted by Gasteiger charge is -2.34. The van der Waals surface area contributed by atoms with Gasteiger partial charge < -0.3 is 10.2 Å². The summed E-state index contributed by atoms with van der Waals surface area (Å²) in [4.78, 5) is 28.0. The molecule has 2 amide bonds. The van der Waals surface area contributed by atoms with Gasteiger partial charge in [0.1, 0.15) is 0 Å². The van der Waals surface area contributed by atoms with Crippen LogP contribution >= 0.6 is 0 Å². The molecule has 6 heteroatoms. The number of benzene rings is 1. The van der Waals surface area contributed by atoms with Crippen LogP contribution in [0, 0.1) is 17.2 Å². The number of nitrogens with one attached hydrogen (secondary N) is 2. The lowest BCUT2D eigenvalue weighted by molar-refractivity contribution is -0.115. The molecule has 1 heterocycles. The molecule has 2 fully saturated rings. The van der Waals surface area contributed by atoms with Gasteiger partial charge >= 0.3 is 0 Å². The maximum Gasteiger partial charge on any atom is 0.253 e. The van der Waals surface area contributed by atoms with Gasteiger partial charge in [-0.3, -0.25) is 19.9 Å². The average Bonchev–Trinajstić information content (AvgIpc) is 2.82. The fraction of sp³-hybridized carbons (Fsp3) is 0.667. The summed E-state index contributed by atoms with van der Waals surface area (Å²) in [6, 6.07) is 8.45. The average molecular weight is 455 g/mol. The molecule has 0 aromatic heterocycles. The van der Waals surface area contributed by atoms with E-state index in [9.17, 15) is 9.59 Å². The van der Waals surface area contributed by atoms with E-state index >= 15 is 0 Å². The molecule has 182 valence electrons. The first-order valence-corrected chi connectivity index (χ1v) is 12.8. The van der Waals surface area contributed by atoms with Gasteiger partial charge in [0.15, 0.2) is 5.96 Å². The molecule has 2 aliphatic rings. The number of amides is 2. The fourth-order valence-electron chi connectivity index (χ4n) is 5.38. The van der Waals surface area contributed by atoms with Gasteiger partial charge in [-0.25, -0.2) is 0 Å². The normalized spacial score (nSPS) is 18.7. The van der Waals surface area contributed by atoms with Crippen LogP contribution in [-0.2, 0) is 4.79 Å². The van der Waals surface area contributed by atoms with Crippen LogP contribution in [0.2, 0.25) is 0 Å². The summed E-state index contributed by atoms with van der Waals surface area (Å²) >= 11 is 0. The molecule has 1 aliphatic heterocycles. The first-order valence-electron chi connectivity index (χ1n) is 12.8. The van der Waals surface area contributed by atoms with Crippen LogP contribution in [0.25, 0.3) is 0 Å². The molecule has 0 radical (unpaired) electrons. The molecule has 1 aromatic carbocycles. The molecule has 1 aromatic rings. The SMILES string of the molecule is CC(C)CC(C)NC(=N)N(C=O)CC1CCN(C(=O)c2ccc(C3CCCCC3)cc2)CC1. The number of rotatable bonds is 8.